The molecule has 8 heteroatoms. The average Bonchev–Trinajstić information content (AvgIpc) is 2.47. The van der Waals surface area contributed by atoms with Crippen molar-refractivity contribution in [1.82, 2.24) is 0 Å². The molecule has 0 heterocycles. The van der Waals surface area contributed by atoms with E-state index in [1.807, 2.05) is 0 Å². The quantitative estimate of drug-likeness (QED) is 0.618. The highest BCUT2D eigenvalue weighted by molar-refractivity contribution is 14.1. The third kappa shape index (κ3) is 5.01. The van der Waals surface area contributed by atoms with Gasteiger partial charge in [0, 0.05) is 8.59 Å². The lowest BCUT2D eigenvalue weighted by molar-refractivity contribution is -0.137. The standard InChI is InChI=1S/C16H12ClF3INO2/c1-9-6-10(17)2-5-14(9)24-8-15(23)22-13-4-3-11(21)7-12(13)16(18,19)20/h2-7H,8H2,1H3,(H,22,23). The Morgan fingerprint density at radius 2 is 1.96 bits per heavy atom. The Morgan fingerprint density at radius 3 is 2.58 bits per heavy atom. The number of hydrogen-bond donors (Lipinski definition) is 1. The fourth-order valence-electron chi connectivity index (χ4n) is 1.96. The number of alkyl halides is 3. The third-order valence-electron chi connectivity index (χ3n) is 3.06. The largest absolute Gasteiger partial charge is 0.483 e. The van der Waals surface area contributed by atoms with E-state index in [9.17, 15) is 18.0 Å². The molecule has 0 spiro atoms. The van der Waals surface area contributed by atoms with Crippen LogP contribution in [0.1, 0.15) is 11.1 Å². The van der Waals surface area contributed by atoms with Crippen LogP contribution >= 0.6 is 34.2 Å². The Hall–Kier alpha value is -1.48. The predicted octanol–water partition coefficient (Wildman–Crippen LogP) is 5.29. The lowest BCUT2D eigenvalue weighted by atomic mass is 10.1. The molecule has 0 radical (unpaired) electrons. The number of halogens is 5. The zero-order valence-electron chi connectivity index (χ0n) is 12.4. The van der Waals surface area contributed by atoms with E-state index in [2.05, 4.69) is 5.32 Å². The molecule has 0 aliphatic rings. The van der Waals surface area contributed by atoms with Crippen molar-refractivity contribution in [3.8, 4) is 5.75 Å². The Bertz CT molecular complexity index is 765. The second-order valence-corrected chi connectivity index (χ2v) is 6.62. The maximum absolute atomic E-state index is 13.0. The molecular formula is C16H12ClF3INO2. The number of aryl methyl sites for hydroxylation is 1. The summed E-state index contributed by atoms with van der Waals surface area (Å²) in [5.74, 6) is -0.246. The van der Waals surface area contributed by atoms with Crippen LogP contribution in [0.5, 0.6) is 5.75 Å². The first-order valence-electron chi connectivity index (χ1n) is 6.72. The molecule has 3 nitrogen and oxygen atoms in total. The Balaban J connectivity index is 2.08. The van der Waals surface area contributed by atoms with Crippen LogP contribution in [0.25, 0.3) is 0 Å². The van der Waals surface area contributed by atoms with Gasteiger partial charge in [0.15, 0.2) is 6.61 Å². The van der Waals surface area contributed by atoms with Gasteiger partial charge < -0.3 is 10.1 Å². The lowest BCUT2D eigenvalue weighted by Crippen LogP contribution is -2.22. The van der Waals surface area contributed by atoms with Crippen molar-refractivity contribution >= 4 is 45.8 Å². The third-order valence-corrected chi connectivity index (χ3v) is 3.96. The smallest absolute Gasteiger partial charge is 0.418 e. The zero-order valence-corrected chi connectivity index (χ0v) is 15.3. The molecule has 0 aromatic heterocycles. The highest BCUT2D eigenvalue weighted by atomic mass is 127. The van der Waals surface area contributed by atoms with Gasteiger partial charge in [0.25, 0.3) is 5.91 Å². The molecule has 2 rings (SSSR count). The number of anilines is 1. The lowest BCUT2D eigenvalue weighted by Gasteiger charge is -2.15. The Labute approximate surface area is 155 Å². The van der Waals surface area contributed by atoms with Crippen molar-refractivity contribution in [2.75, 3.05) is 11.9 Å². The molecule has 0 aliphatic heterocycles. The summed E-state index contributed by atoms with van der Waals surface area (Å²) in [6, 6.07) is 8.53. The second kappa shape index (κ2) is 7.60. The number of carbonyl (C=O) groups excluding carboxylic acids is 1. The van der Waals surface area contributed by atoms with Crippen LogP contribution in [-0.4, -0.2) is 12.5 Å². The van der Waals surface area contributed by atoms with Crippen molar-refractivity contribution in [1.29, 1.82) is 0 Å². The Morgan fingerprint density at radius 1 is 1.25 bits per heavy atom. The van der Waals surface area contributed by atoms with E-state index in [0.717, 1.165) is 11.6 Å². The van der Waals surface area contributed by atoms with Gasteiger partial charge in [0.05, 0.1) is 11.3 Å². The maximum atomic E-state index is 13.0. The highest BCUT2D eigenvalue weighted by Gasteiger charge is 2.34. The number of hydrogen-bond acceptors (Lipinski definition) is 2. The van der Waals surface area contributed by atoms with Gasteiger partial charge in [-0.25, -0.2) is 0 Å². The van der Waals surface area contributed by atoms with E-state index in [-0.39, 0.29) is 5.69 Å². The number of amides is 1. The monoisotopic (exact) mass is 469 g/mol. The fraction of sp³-hybridized carbons (Fsp3) is 0.188. The number of rotatable bonds is 4. The number of nitrogens with one attached hydrogen (secondary N) is 1. The van der Waals surface area contributed by atoms with E-state index in [4.69, 9.17) is 16.3 Å². The van der Waals surface area contributed by atoms with Crippen LogP contribution in [0.3, 0.4) is 0 Å². The first kappa shape index (κ1) is 18.9. The number of benzene rings is 2. The molecule has 1 N–H and O–H groups in total. The van der Waals surface area contributed by atoms with E-state index < -0.39 is 24.3 Å². The van der Waals surface area contributed by atoms with Gasteiger partial charge in [-0.3, -0.25) is 4.79 Å². The SMILES string of the molecule is Cc1cc(Cl)ccc1OCC(=O)Nc1ccc(I)cc1C(F)(F)F. The minimum Gasteiger partial charge on any atom is -0.483 e. The zero-order chi connectivity index (χ0) is 17.9. The second-order valence-electron chi connectivity index (χ2n) is 4.93. The van der Waals surface area contributed by atoms with Gasteiger partial charge in [-0.2, -0.15) is 13.2 Å². The molecule has 1 amide bonds. The van der Waals surface area contributed by atoms with Gasteiger partial charge >= 0.3 is 6.18 Å². The molecule has 0 saturated carbocycles. The first-order valence-corrected chi connectivity index (χ1v) is 8.18. The summed E-state index contributed by atoms with van der Waals surface area (Å²) in [5, 5.41) is 2.76. The summed E-state index contributed by atoms with van der Waals surface area (Å²) in [6.07, 6.45) is -4.56. The van der Waals surface area contributed by atoms with Gasteiger partial charge in [0.2, 0.25) is 0 Å². The van der Waals surface area contributed by atoms with E-state index in [1.54, 1.807) is 47.7 Å². The van der Waals surface area contributed by atoms with Gasteiger partial charge in [-0.1, -0.05) is 11.6 Å². The summed E-state index contributed by atoms with van der Waals surface area (Å²) in [6.45, 7) is 1.34. The van der Waals surface area contributed by atoms with Crippen LogP contribution in [0.2, 0.25) is 5.02 Å². The molecule has 128 valence electrons. The van der Waals surface area contributed by atoms with Crippen LogP contribution in [0, 0.1) is 10.5 Å². The first-order chi connectivity index (χ1) is 11.2. The fourth-order valence-corrected chi connectivity index (χ4v) is 2.68. The number of ether oxygens (including phenoxy) is 1. The summed E-state index contributed by atoms with van der Waals surface area (Å²) in [4.78, 5) is 11.9. The summed E-state index contributed by atoms with van der Waals surface area (Å²) in [7, 11) is 0. The molecular weight excluding hydrogens is 458 g/mol. The average molecular weight is 470 g/mol. The van der Waals surface area contributed by atoms with Crippen molar-refractivity contribution in [2.24, 2.45) is 0 Å². The highest BCUT2D eigenvalue weighted by Crippen LogP contribution is 2.35. The molecule has 0 saturated heterocycles. The minimum atomic E-state index is -4.56. The predicted molar refractivity (Wildman–Crippen MR) is 94.5 cm³/mol. The molecule has 2 aromatic rings. The van der Waals surface area contributed by atoms with Crippen molar-refractivity contribution < 1.29 is 22.7 Å². The molecule has 0 bridgehead atoms. The molecule has 0 aliphatic carbocycles. The normalized spacial score (nSPS) is 11.2. The maximum Gasteiger partial charge on any atom is 0.418 e. The summed E-state index contributed by atoms with van der Waals surface area (Å²) in [5.41, 5.74) is -0.477. The van der Waals surface area contributed by atoms with Crippen molar-refractivity contribution in [3.63, 3.8) is 0 Å². The minimum absolute atomic E-state index is 0.302. The summed E-state index contributed by atoms with van der Waals surface area (Å²) >= 11 is 7.60. The van der Waals surface area contributed by atoms with E-state index in [1.165, 1.54) is 12.1 Å². The molecule has 0 atom stereocenters. The summed E-state index contributed by atoms with van der Waals surface area (Å²) < 4.78 is 44.8. The topological polar surface area (TPSA) is 38.3 Å². The number of carbonyl (C=O) groups is 1. The molecule has 2 aromatic carbocycles. The van der Waals surface area contributed by atoms with Crippen LogP contribution in [0.4, 0.5) is 18.9 Å². The van der Waals surface area contributed by atoms with Crippen molar-refractivity contribution in [3.05, 3.63) is 56.1 Å². The van der Waals surface area contributed by atoms with Crippen LogP contribution in [-0.2, 0) is 11.0 Å². The van der Waals surface area contributed by atoms with Gasteiger partial charge in [-0.05, 0) is 71.5 Å². The van der Waals surface area contributed by atoms with Gasteiger partial charge in [0.1, 0.15) is 5.75 Å². The van der Waals surface area contributed by atoms with Gasteiger partial charge in [-0.15, -0.1) is 0 Å². The van der Waals surface area contributed by atoms with E-state index in [0.29, 0.717) is 14.3 Å². The van der Waals surface area contributed by atoms with Crippen LogP contribution < -0.4 is 10.1 Å². The Kier molecular flexibility index (Phi) is 5.97. The molecule has 0 unspecified atom stereocenters. The molecule has 0 fully saturated rings. The van der Waals surface area contributed by atoms with Crippen molar-refractivity contribution in [2.45, 2.75) is 13.1 Å². The van der Waals surface area contributed by atoms with E-state index >= 15 is 0 Å². The van der Waals surface area contributed by atoms with Crippen LogP contribution in [0.15, 0.2) is 36.4 Å². The molecule has 24 heavy (non-hydrogen) atoms.